The van der Waals surface area contributed by atoms with Gasteiger partial charge in [0.1, 0.15) is 0 Å². The Morgan fingerprint density at radius 3 is 2.94 bits per heavy atom. The van der Waals surface area contributed by atoms with Crippen LogP contribution in [0.15, 0.2) is 36.7 Å². The van der Waals surface area contributed by atoms with Crippen molar-refractivity contribution in [1.82, 2.24) is 15.1 Å². The molecule has 18 heavy (non-hydrogen) atoms. The molecule has 1 aromatic heterocycles. The minimum atomic E-state index is 0.754. The van der Waals surface area contributed by atoms with E-state index in [1.165, 1.54) is 29.5 Å². The number of aromatic nitrogens is 2. The zero-order chi connectivity index (χ0) is 12.4. The first-order valence-corrected chi connectivity index (χ1v) is 6.60. The van der Waals surface area contributed by atoms with Crippen molar-refractivity contribution in [3.8, 4) is 0 Å². The van der Waals surface area contributed by atoms with Crippen molar-refractivity contribution in [2.45, 2.75) is 38.9 Å². The van der Waals surface area contributed by atoms with Gasteiger partial charge in [-0.25, -0.2) is 0 Å². The summed E-state index contributed by atoms with van der Waals surface area (Å²) >= 11 is 0. The molecule has 0 radical (unpaired) electrons. The molecule has 0 amide bonds. The molecule has 1 N–H and O–H groups in total. The molecule has 0 spiro atoms. The topological polar surface area (TPSA) is 29.9 Å². The molecule has 1 aliphatic carbocycles. The second-order valence-electron chi connectivity index (χ2n) is 5.13. The third-order valence-corrected chi connectivity index (χ3v) is 3.45. The lowest BCUT2D eigenvalue weighted by molar-refractivity contribution is 0.673. The molecule has 0 bridgehead atoms. The van der Waals surface area contributed by atoms with Crippen LogP contribution in [0.25, 0.3) is 0 Å². The van der Waals surface area contributed by atoms with Crippen molar-refractivity contribution >= 4 is 0 Å². The van der Waals surface area contributed by atoms with Gasteiger partial charge in [-0.1, -0.05) is 24.3 Å². The van der Waals surface area contributed by atoms with Gasteiger partial charge in [-0.2, -0.15) is 5.10 Å². The summed E-state index contributed by atoms with van der Waals surface area (Å²) in [5.74, 6) is 0. The largest absolute Gasteiger partial charge is 0.310 e. The Balaban J connectivity index is 1.63. The molecule has 3 nitrogen and oxygen atoms in total. The van der Waals surface area contributed by atoms with Crippen LogP contribution in [0.4, 0.5) is 0 Å². The van der Waals surface area contributed by atoms with Crippen LogP contribution in [-0.2, 0) is 13.1 Å². The van der Waals surface area contributed by atoms with E-state index in [2.05, 4.69) is 47.8 Å². The minimum absolute atomic E-state index is 0.754. The van der Waals surface area contributed by atoms with Gasteiger partial charge in [-0.3, -0.25) is 4.68 Å². The molecule has 1 fully saturated rings. The molecular formula is C15H19N3. The highest BCUT2D eigenvalue weighted by Crippen LogP contribution is 2.19. The van der Waals surface area contributed by atoms with Gasteiger partial charge < -0.3 is 5.32 Å². The molecule has 3 heteroatoms. The van der Waals surface area contributed by atoms with E-state index in [0.717, 1.165) is 19.1 Å². The van der Waals surface area contributed by atoms with Crippen LogP contribution in [0.1, 0.15) is 29.5 Å². The number of benzene rings is 1. The van der Waals surface area contributed by atoms with Crippen molar-refractivity contribution in [3.63, 3.8) is 0 Å². The SMILES string of the molecule is Cc1ccccc1Cn1cc(CNC2CC2)cn1. The Labute approximate surface area is 108 Å². The fourth-order valence-electron chi connectivity index (χ4n) is 2.10. The normalized spacial score (nSPS) is 14.9. The smallest absolute Gasteiger partial charge is 0.0662 e. The fraction of sp³-hybridized carbons (Fsp3) is 0.400. The van der Waals surface area contributed by atoms with E-state index in [1.807, 2.05) is 10.9 Å². The van der Waals surface area contributed by atoms with E-state index >= 15 is 0 Å². The van der Waals surface area contributed by atoms with Crippen molar-refractivity contribution in [2.24, 2.45) is 0 Å². The summed E-state index contributed by atoms with van der Waals surface area (Å²) in [7, 11) is 0. The predicted octanol–water partition coefficient (Wildman–Crippen LogP) is 2.49. The first kappa shape index (κ1) is 11.5. The van der Waals surface area contributed by atoms with Gasteiger partial charge in [0.2, 0.25) is 0 Å². The van der Waals surface area contributed by atoms with Gasteiger partial charge in [0.05, 0.1) is 12.7 Å². The van der Waals surface area contributed by atoms with E-state index in [4.69, 9.17) is 0 Å². The van der Waals surface area contributed by atoms with Crippen molar-refractivity contribution < 1.29 is 0 Å². The van der Waals surface area contributed by atoms with Gasteiger partial charge in [0.25, 0.3) is 0 Å². The summed E-state index contributed by atoms with van der Waals surface area (Å²) < 4.78 is 2.02. The van der Waals surface area contributed by atoms with Crippen LogP contribution in [0.5, 0.6) is 0 Å². The zero-order valence-corrected chi connectivity index (χ0v) is 10.8. The van der Waals surface area contributed by atoms with Crippen molar-refractivity contribution in [2.75, 3.05) is 0 Å². The fourth-order valence-corrected chi connectivity index (χ4v) is 2.10. The van der Waals surface area contributed by atoms with Crippen LogP contribution >= 0.6 is 0 Å². The molecule has 0 atom stereocenters. The summed E-state index contributed by atoms with van der Waals surface area (Å²) in [6.45, 7) is 3.95. The Morgan fingerprint density at radius 1 is 1.33 bits per heavy atom. The second kappa shape index (κ2) is 4.94. The standard InChI is InChI=1S/C15H19N3/c1-12-4-2-3-5-14(12)11-18-10-13(9-17-18)8-16-15-6-7-15/h2-5,9-10,15-16H,6-8,11H2,1H3. The number of hydrogen-bond donors (Lipinski definition) is 1. The van der Waals surface area contributed by atoms with Crippen LogP contribution in [-0.4, -0.2) is 15.8 Å². The molecule has 1 heterocycles. The highest BCUT2D eigenvalue weighted by atomic mass is 15.3. The van der Waals surface area contributed by atoms with Gasteiger partial charge in [-0.05, 0) is 30.9 Å². The molecule has 0 unspecified atom stereocenters. The lowest BCUT2D eigenvalue weighted by atomic mass is 10.1. The van der Waals surface area contributed by atoms with Crippen LogP contribution in [0, 0.1) is 6.92 Å². The monoisotopic (exact) mass is 241 g/mol. The molecule has 3 rings (SSSR count). The zero-order valence-electron chi connectivity index (χ0n) is 10.8. The number of nitrogens with zero attached hydrogens (tertiary/aromatic N) is 2. The van der Waals surface area contributed by atoms with Crippen LogP contribution in [0.2, 0.25) is 0 Å². The Morgan fingerprint density at radius 2 is 2.17 bits per heavy atom. The number of aryl methyl sites for hydroxylation is 1. The maximum Gasteiger partial charge on any atom is 0.0662 e. The van der Waals surface area contributed by atoms with E-state index < -0.39 is 0 Å². The highest BCUT2D eigenvalue weighted by molar-refractivity contribution is 5.25. The van der Waals surface area contributed by atoms with E-state index in [-0.39, 0.29) is 0 Å². The number of hydrogen-bond acceptors (Lipinski definition) is 2. The highest BCUT2D eigenvalue weighted by Gasteiger charge is 2.20. The summed E-state index contributed by atoms with van der Waals surface area (Å²) in [4.78, 5) is 0. The minimum Gasteiger partial charge on any atom is -0.310 e. The van der Waals surface area contributed by atoms with Crippen molar-refractivity contribution in [3.05, 3.63) is 53.3 Å². The summed E-state index contributed by atoms with van der Waals surface area (Å²) in [5, 5.41) is 7.94. The summed E-state index contributed by atoms with van der Waals surface area (Å²) in [6, 6.07) is 9.23. The molecule has 2 aromatic rings. The number of rotatable bonds is 5. The summed E-state index contributed by atoms with van der Waals surface area (Å²) in [6.07, 6.45) is 6.77. The maximum absolute atomic E-state index is 4.43. The second-order valence-corrected chi connectivity index (χ2v) is 5.13. The third kappa shape index (κ3) is 2.79. The molecule has 0 saturated heterocycles. The maximum atomic E-state index is 4.43. The Kier molecular flexibility index (Phi) is 3.15. The lowest BCUT2D eigenvalue weighted by Crippen LogP contribution is -2.14. The molecule has 1 aromatic carbocycles. The van der Waals surface area contributed by atoms with Gasteiger partial charge in [0, 0.05) is 24.3 Å². The average molecular weight is 241 g/mol. The number of nitrogens with one attached hydrogen (secondary N) is 1. The van der Waals surface area contributed by atoms with E-state index in [1.54, 1.807) is 0 Å². The van der Waals surface area contributed by atoms with Crippen molar-refractivity contribution in [1.29, 1.82) is 0 Å². The van der Waals surface area contributed by atoms with E-state index in [0.29, 0.717) is 0 Å². The quantitative estimate of drug-likeness (QED) is 0.871. The van der Waals surface area contributed by atoms with Gasteiger partial charge >= 0.3 is 0 Å². The molecule has 1 aliphatic rings. The van der Waals surface area contributed by atoms with Gasteiger partial charge in [0.15, 0.2) is 0 Å². The van der Waals surface area contributed by atoms with Gasteiger partial charge in [-0.15, -0.1) is 0 Å². The molecule has 94 valence electrons. The molecular weight excluding hydrogens is 222 g/mol. The first-order chi connectivity index (χ1) is 8.81. The Bertz CT molecular complexity index is 526. The summed E-state index contributed by atoms with van der Waals surface area (Å²) in [5.41, 5.74) is 3.93. The molecule has 1 saturated carbocycles. The first-order valence-electron chi connectivity index (χ1n) is 6.60. The lowest BCUT2D eigenvalue weighted by Gasteiger charge is -2.05. The predicted molar refractivity (Wildman–Crippen MR) is 72.4 cm³/mol. The Hall–Kier alpha value is -1.61. The average Bonchev–Trinajstić information content (AvgIpc) is 3.10. The van der Waals surface area contributed by atoms with E-state index in [9.17, 15) is 0 Å². The molecule has 0 aliphatic heterocycles. The van der Waals surface area contributed by atoms with Crippen LogP contribution < -0.4 is 5.32 Å². The third-order valence-electron chi connectivity index (χ3n) is 3.45. The van der Waals surface area contributed by atoms with Crippen LogP contribution in [0.3, 0.4) is 0 Å².